The average molecular weight is 329 g/mol. The Morgan fingerprint density at radius 2 is 2.00 bits per heavy atom. The highest BCUT2D eigenvalue weighted by Crippen LogP contribution is 2.24. The summed E-state index contributed by atoms with van der Waals surface area (Å²) in [5.74, 6) is 0.854. The van der Waals surface area contributed by atoms with E-state index >= 15 is 0 Å². The molecular formula is C17H17ClN4O. The fourth-order valence-corrected chi connectivity index (χ4v) is 2.41. The van der Waals surface area contributed by atoms with Crippen molar-refractivity contribution in [2.75, 3.05) is 11.9 Å². The van der Waals surface area contributed by atoms with E-state index in [2.05, 4.69) is 15.4 Å². The highest BCUT2D eigenvalue weighted by molar-refractivity contribution is 6.30. The maximum atomic E-state index is 9.23. The molecule has 1 aromatic carbocycles. The minimum absolute atomic E-state index is 0.0311. The number of pyridine rings is 1. The van der Waals surface area contributed by atoms with Gasteiger partial charge in [0.25, 0.3) is 0 Å². The summed E-state index contributed by atoms with van der Waals surface area (Å²) in [5.41, 5.74) is 2.90. The first-order valence-corrected chi connectivity index (χ1v) is 7.71. The number of nitrogens with zero attached hydrogens (tertiary/aromatic N) is 3. The predicted octanol–water partition coefficient (Wildman–Crippen LogP) is 3.20. The van der Waals surface area contributed by atoms with Gasteiger partial charge in [0.1, 0.15) is 5.82 Å². The van der Waals surface area contributed by atoms with Crippen LogP contribution >= 0.6 is 11.6 Å². The minimum atomic E-state index is 0.0311. The zero-order valence-corrected chi connectivity index (χ0v) is 13.2. The van der Waals surface area contributed by atoms with Gasteiger partial charge in [-0.2, -0.15) is 5.10 Å². The molecule has 0 aliphatic carbocycles. The van der Waals surface area contributed by atoms with Gasteiger partial charge >= 0.3 is 0 Å². The molecule has 0 amide bonds. The topological polar surface area (TPSA) is 63.0 Å². The molecule has 0 fully saturated rings. The zero-order chi connectivity index (χ0) is 16.1. The van der Waals surface area contributed by atoms with Crippen LogP contribution in [0.15, 0.2) is 54.9 Å². The summed E-state index contributed by atoms with van der Waals surface area (Å²) in [4.78, 5) is 4.10. The second kappa shape index (κ2) is 7.26. The van der Waals surface area contributed by atoms with Crippen LogP contribution in [-0.4, -0.2) is 26.5 Å². The van der Waals surface area contributed by atoms with Crippen LogP contribution < -0.4 is 5.32 Å². The number of benzene rings is 1. The van der Waals surface area contributed by atoms with Crippen molar-refractivity contribution in [3.63, 3.8) is 0 Å². The Morgan fingerprint density at radius 1 is 1.17 bits per heavy atom. The van der Waals surface area contributed by atoms with E-state index in [0.717, 1.165) is 22.6 Å². The lowest BCUT2D eigenvalue weighted by molar-refractivity contribution is 0.270. The lowest BCUT2D eigenvalue weighted by Gasteiger charge is -2.08. The molecule has 0 atom stereocenters. The molecule has 2 N–H and O–H groups in total. The number of hydrogen-bond donors (Lipinski definition) is 2. The number of halogens is 1. The summed E-state index contributed by atoms with van der Waals surface area (Å²) in [6.45, 7) is 1.11. The van der Waals surface area contributed by atoms with Crippen LogP contribution in [0.2, 0.25) is 5.02 Å². The summed E-state index contributed by atoms with van der Waals surface area (Å²) in [5, 5.41) is 17.8. The molecule has 3 rings (SSSR count). The second-order valence-electron chi connectivity index (χ2n) is 5.08. The molecule has 6 heteroatoms. The molecule has 0 bridgehead atoms. The number of hydrogen-bond acceptors (Lipinski definition) is 4. The van der Waals surface area contributed by atoms with E-state index in [-0.39, 0.29) is 6.61 Å². The van der Waals surface area contributed by atoms with Crippen LogP contribution in [0.5, 0.6) is 0 Å². The van der Waals surface area contributed by atoms with Crippen LogP contribution in [0.1, 0.15) is 5.56 Å². The van der Waals surface area contributed by atoms with Gasteiger partial charge in [-0.15, -0.1) is 0 Å². The van der Waals surface area contributed by atoms with Gasteiger partial charge in [-0.25, -0.2) is 4.68 Å². The van der Waals surface area contributed by atoms with Crippen LogP contribution in [0, 0.1) is 0 Å². The third-order valence-corrected chi connectivity index (χ3v) is 3.68. The number of nitrogens with one attached hydrogen (secondary N) is 1. The number of aliphatic hydroxyl groups is 1. The second-order valence-corrected chi connectivity index (χ2v) is 5.52. The molecule has 3 aromatic rings. The molecule has 0 radical (unpaired) electrons. The molecule has 23 heavy (non-hydrogen) atoms. The van der Waals surface area contributed by atoms with Gasteiger partial charge in [-0.3, -0.25) is 4.98 Å². The largest absolute Gasteiger partial charge is 0.394 e. The molecule has 5 nitrogen and oxygen atoms in total. The van der Waals surface area contributed by atoms with Crippen molar-refractivity contribution in [2.45, 2.75) is 13.1 Å². The summed E-state index contributed by atoms with van der Waals surface area (Å²) in [7, 11) is 0. The summed E-state index contributed by atoms with van der Waals surface area (Å²) >= 11 is 5.93. The fourth-order valence-electron chi connectivity index (χ4n) is 2.28. The fraction of sp³-hybridized carbons (Fsp3) is 0.176. The van der Waals surface area contributed by atoms with E-state index in [1.165, 1.54) is 0 Å². The van der Waals surface area contributed by atoms with Crippen molar-refractivity contribution in [3.05, 3.63) is 65.4 Å². The third kappa shape index (κ3) is 3.88. The van der Waals surface area contributed by atoms with E-state index < -0.39 is 0 Å². The first kappa shape index (κ1) is 15.5. The van der Waals surface area contributed by atoms with E-state index in [4.69, 9.17) is 11.6 Å². The van der Waals surface area contributed by atoms with Crippen LogP contribution in [0.25, 0.3) is 11.3 Å². The summed E-state index contributed by atoms with van der Waals surface area (Å²) in [6, 6.07) is 13.4. The first-order chi connectivity index (χ1) is 11.3. The Balaban J connectivity index is 1.82. The monoisotopic (exact) mass is 328 g/mol. The molecule has 2 heterocycles. The summed E-state index contributed by atoms with van der Waals surface area (Å²) in [6.07, 6.45) is 3.57. The molecule has 0 aliphatic rings. The van der Waals surface area contributed by atoms with Crippen molar-refractivity contribution in [3.8, 4) is 11.3 Å². The van der Waals surface area contributed by atoms with Crippen molar-refractivity contribution >= 4 is 17.4 Å². The number of rotatable bonds is 6. The lowest BCUT2D eigenvalue weighted by Crippen LogP contribution is -2.10. The molecule has 0 spiro atoms. The number of aliphatic hydroxyl groups excluding tert-OH is 1. The normalized spacial score (nSPS) is 10.7. The van der Waals surface area contributed by atoms with Crippen LogP contribution in [0.3, 0.4) is 0 Å². The van der Waals surface area contributed by atoms with Gasteiger partial charge in [0, 0.05) is 35.6 Å². The van der Waals surface area contributed by atoms with Gasteiger partial charge in [0.15, 0.2) is 0 Å². The molecule has 0 saturated carbocycles. The Bertz CT molecular complexity index is 756. The predicted molar refractivity (Wildman–Crippen MR) is 91.3 cm³/mol. The average Bonchev–Trinajstić information content (AvgIpc) is 2.98. The molecule has 0 unspecified atom stereocenters. The Labute approximate surface area is 139 Å². The maximum absolute atomic E-state index is 9.23. The van der Waals surface area contributed by atoms with Gasteiger partial charge in [-0.1, -0.05) is 29.8 Å². The molecule has 2 aromatic heterocycles. The standard InChI is InChI=1S/C17H17ClN4O/c18-15-5-3-14(4-6-15)16-10-17(22(21-16)8-9-23)20-12-13-2-1-7-19-11-13/h1-7,10-11,20,23H,8-9,12H2. The van der Waals surface area contributed by atoms with Crippen molar-refractivity contribution in [1.82, 2.24) is 14.8 Å². The van der Waals surface area contributed by atoms with E-state index in [1.807, 2.05) is 48.7 Å². The molecule has 0 aliphatic heterocycles. The minimum Gasteiger partial charge on any atom is -0.394 e. The third-order valence-electron chi connectivity index (χ3n) is 3.43. The SMILES string of the molecule is OCCn1nc(-c2ccc(Cl)cc2)cc1NCc1cccnc1. The van der Waals surface area contributed by atoms with Gasteiger partial charge in [0.2, 0.25) is 0 Å². The van der Waals surface area contributed by atoms with E-state index in [1.54, 1.807) is 10.9 Å². The van der Waals surface area contributed by atoms with E-state index in [0.29, 0.717) is 18.1 Å². The Hall–Kier alpha value is -2.37. The van der Waals surface area contributed by atoms with Crippen molar-refractivity contribution in [2.24, 2.45) is 0 Å². The Morgan fingerprint density at radius 3 is 2.70 bits per heavy atom. The van der Waals surface area contributed by atoms with Crippen molar-refractivity contribution in [1.29, 1.82) is 0 Å². The van der Waals surface area contributed by atoms with Crippen LogP contribution in [0.4, 0.5) is 5.82 Å². The van der Waals surface area contributed by atoms with E-state index in [9.17, 15) is 5.11 Å². The molecular weight excluding hydrogens is 312 g/mol. The highest BCUT2D eigenvalue weighted by Gasteiger charge is 2.09. The quantitative estimate of drug-likeness (QED) is 0.729. The highest BCUT2D eigenvalue weighted by atomic mass is 35.5. The number of aromatic nitrogens is 3. The lowest BCUT2D eigenvalue weighted by atomic mass is 10.1. The van der Waals surface area contributed by atoms with Crippen LogP contribution in [-0.2, 0) is 13.1 Å². The van der Waals surface area contributed by atoms with Gasteiger partial charge in [0.05, 0.1) is 18.8 Å². The summed E-state index contributed by atoms with van der Waals surface area (Å²) < 4.78 is 1.76. The molecule has 118 valence electrons. The maximum Gasteiger partial charge on any atom is 0.125 e. The zero-order valence-electron chi connectivity index (χ0n) is 12.5. The Kier molecular flexibility index (Phi) is 4.90. The van der Waals surface area contributed by atoms with Crippen molar-refractivity contribution < 1.29 is 5.11 Å². The van der Waals surface area contributed by atoms with Gasteiger partial charge < -0.3 is 10.4 Å². The van der Waals surface area contributed by atoms with Gasteiger partial charge in [-0.05, 0) is 23.8 Å². The number of anilines is 1. The first-order valence-electron chi connectivity index (χ1n) is 7.33. The smallest absolute Gasteiger partial charge is 0.125 e. The molecule has 0 saturated heterocycles.